The molecule has 1 fully saturated rings. The van der Waals surface area contributed by atoms with E-state index in [0.717, 1.165) is 28.7 Å². The van der Waals surface area contributed by atoms with Crippen molar-refractivity contribution >= 4 is 33.1 Å². The molecule has 0 atom stereocenters. The number of benzene rings is 2. The molecular weight excluding hydrogens is 449 g/mol. The molecule has 4 aromatic rings. The second-order valence-corrected chi connectivity index (χ2v) is 9.48. The van der Waals surface area contributed by atoms with Crippen molar-refractivity contribution in [1.29, 1.82) is 0 Å². The van der Waals surface area contributed by atoms with Gasteiger partial charge in [0, 0.05) is 31.4 Å². The molecule has 0 aliphatic carbocycles. The lowest BCUT2D eigenvalue weighted by atomic mass is 9.89. The summed E-state index contributed by atoms with van der Waals surface area (Å²) < 4.78 is 14.5. The Kier molecular flexibility index (Phi) is 6.56. The molecule has 2 aromatic heterocycles. The zero-order chi connectivity index (χ0) is 23.5. The molecule has 2 aromatic carbocycles. The molecule has 1 saturated heterocycles. The fourth-order valence-corrected chi connectivity index (χ4v) is 5.66. The van der Waals surface area contributed by atoms with Crippen LogP contribution in [-0.4, -0.2) is 34.0 Å². The molecule has 5 nitrogen and oxygen atoms in total. The number of carbonyl (C=O) groups is 1. The van der Waals surface area contributed by atoms with Crippen molar-refractivity contribution < 1.29 is 14.3 Å². The van der Waals surface area contributed by atoms with Crippen molar-refractivity contribution in [3.63, 3.8) is 0 Å². The summed E-state index contributed by atoms with van der Waals surface area (Å²) in [6, 6.07) is 16.9. The highest BCUT2D eigenvalue weighted by Gasteiger charge is 2.27. The van der Waals surface area contributed by atoms with Gasteiger partial charge in [-0.05, 0) is 47.4 Å². The van der Waals surface area contributed by atoms with Crippen LogP contribution in [0.25, 0.3) is 10.2 Å². The van der Waals surface area contributed by atoms with E-state index in [1.807, 2.05) is 22.4 Å². The van der Waals surface area contributed by atoms with Gasteiger partial charge in [-0.15, -0.1) is 11.3 Å². The van der Waals surface area contributed by atoms with Gasteiger partial charge >= 0.3 is 0 Å². The standard InChI is InChI=1S/C27H26FN3O2S/c28-22-8-4-5-18(13-22)14-29-25-23(15-30-24-21(16-32)17-34-26(24)25)27(33)31-11-9-20(10-12-31)19-6-2-1-3-7-19/h1-8,13,15,17,20,32H,9-12,14,16H2,(H,29,30). The number of nitrogens with one attached hydrogen (secondary N) is 1. The maximum Gasteiger partial charge on any atom is 0.257 e. The van der Waals surface area contributed by atoms with E-state index in [1.54, 1.807) is 12.3 Å². The molecule has 1 aliphatic rings. The van der Waals surface area contributed by atoms with Crippen molar-refractivity contribution in [1.82, 2.24) is 9.88 Å². The Morgan fingerprint density at radius 3 is 2.68 bits per heavy atom. The summed E-state index contributed by atoms with van der Waals surface area (Å²) in [6.07, 6.45) is 3.45. The minimum Gasteiger partial charge on any atom is -0.392 e. The number of hydrogen-bond acceptors (Lipinski definition) is 5. The highest BCUT2D eigenvalue weighted by atomic mass is 32.1. The van der Waals surface area contributed by atoms with Crippen LogP contribution in [0.15, 0.2) is 66.2 Å². The Morgan fingerprint density at radius 2 is 1.94 bits per heavy atom. The molecule has 0 radical (unpaired) electrons. The Balaban J connectivity index is 1.40. The van der Waals surface area contributed by atoms with Crippen LogP contribution < -0.4 is 5.32 Å². The largest absolute Gasteiger partial charge is 0.392 e. The van der Waals surface area contributed by atoms with Gasteiger partial charge in [-0.1, -0.05) is 42.5 Å². The Hall–Kier alpha value is -3.29. The summed E-state index contributed by atoms with van der Waals surface area (Å²) in [4.78, 5) is 20.0. The zero-order valence-electron chi connectivity index (χ0n) is 18.7. The summed E-state index contributed by atoms with van der Waals surface area (Å²) in [7, 11) is 0. The molecule has 0 saturated carbocycles. The van der Waals surface area contributed by atoms with E-state index in [9.17, 15) is 14.3 Å². The minimum atomic E-state index is -0.296. The highest BCUT2D eigenvalue weighted by Crippen LogP contribution is 2.35. The van der Waals surface area contributed by atoms with Gasteiger partial charge in [0.25, 0.3) is 5.91 Å². The Labute approximate surface area is 201 Å². The van der Waals surface area contributed by atoms with Crippen LogP contribution in [0.5, 0.6) is 0 Å². The molecule has 5 rings (SSSR count). The number of halogens is 1. The fourth-order valence-electron chi connectivity index (χ4n) is 4.62. The second-order valence-electron chi connectivity index (χ2n) is 8.60. The first-order chi connectivity index (χ1) is 16.6. The van der Waals surface area contributed by atoms with E-state index in [4.69, 9.17) is 0 Å². The Morgan fingerprint density at radius 1 is 1.15 bits per heavy atom. The van der Waals surface area contributed by atoms with Crippen LogP contribution in [0.2, 0.25) is 0 Å². The van der Waals surface area contributed by atoms with Gasteiger partial charge in [0.1, 0.15) is 5.82 Å². The summed E-state index contributed by atoms with van der Waals surface area (Å²) in [5.41, 5.74) is 4.73. The molecule has 1 amide bonds. The second kappa shape index (κ2) is 9.91. The average Bonchev–Trinajstić information content (AvgIpc) is 3.31. The minimum absolute atomic E-state index is 0.0541. The molecule has 174 valence electrons. The van der Waals surface area contributed by atoms with E-state index in [0.29, 0.717) is 42.3 Å². The number of likely N-dealkylation sites (tertiary alicyclic amines) is 1. The van der Waals surface area contributed by atoms with Crippen molar-refractivity contribution in [2.24, 2.45) is 0 Å². The summed E-state index contributed by atoms with van der Waals surface area (Å²) in [5.74, 6) is 0.109. The summed E-state index contributed by atoms with van der Waals surface area (Å²) in [6.45, 7) is 1.63. The molecule has 1 aliphatic heterocycles. The molecule has 7 heteroatoms. The number of rotatable bonds is 6. The third kappa shape index (κ3) is 4.54. The van der Waals surface area contributed by atoms with Crippen molar-refractivity contribution in [3.05, 3.63) is 94.2 Å². The predicted octanol–water partition coefficient (Wildman–Crippen LogP) is 5.56. The fraction of sp³-hybridized carbons (Fsp3) is 0.259. The first-order valence-corrected chi connectivity index (χ1v) is 12.3. The topological polar surface area (TPSA) is 65.5 Å². The molecular formula is C27H26FN3O2S. The number of pyridine rings is 1. The van der Waals surface area contributed by atoms with Gasteiger partial charge in [-0.2, -0.15) is 0 Å². The third-order valence-electron chi connectivity index (χ3n) is 6.47. The number of hydrogen-bond donors (Lipinski definition) is 2. The van der Waals surface area contributed by atoms with Crippen LogP contribution in [0.3, 0.4) is 0 Å². The van der Waals surface area contributed by atoms with Crippen molar-refractivity contribution in [3.8, 4) is 0 Å². The number of anilines is 1. The highest BCUT2D eigenvalue weighted by molar-refractivity contribution is 7.18. The lowest BCUT2D eigenvalue weighted by molar-refractivity contribution is 0.0713. The Bertz CT molecular complexity index is 1300. The first kappa shape index (κ1) is 22.5. The smallest absolute Gasteiger partial charge is 0.257 e. The van der Waals surface area contributed by atoms with Crippen LogP contribution in [0, 0.1) is 5.82 Å². The number of nitrogens with zero attached hydrogens (tertiary/aromatic N) is 2. The number of aromatic nitrogens is 1. The van der Waals surface area contributed by atoms with Crippen LogP contribution in [0.4, 0.5) is 10.1 Å². The lowest BCUT2D eigenvalue weighted by Gasteiger charge is -2.32. The monoisotopic (exact) mass is 475 g/mol. The van der Waals surface area contributed by atoms with Gasteiger partial charge in [0.15, 0.2) is 0 Å². The number of aliphatic hydroxyl groups excluding tert-OH is 1. The van der Waals surface area contributed by atoms with Gasteiger partial charge in [0.2, 0.25) is 0 Å². The summed E-state index contributed by atoms with van der Waals surface area (Å²) >= 11 is 1.45. The molecule has 2 N–H and O–H groups in total. The number of thiophene rings is 1. The van der Waals surface area contributed by atoms with E-state index in [2.05, 4.69) is 34.6 Å². The van der Waals surface area contributed by atoms with Gasteiger partial charge in [0.05, 0.1) is 28.1 Å². The van der Waals surface area contributed by atoms with Crippen molar-refractivity contribution in [2.75, 3.05) is 18.4 Å². The molecule has 3 heterocycles. The normalized spacial score (nSPS) is 14.5. The van der Waals surface area contributed by atoms with Crippen LogP contribution in [0.1, 0.15) is 45.8 Å². The van der Waals surface area contributed by atoms with E-state index in [-0.39, 0.29) is 18.3 Å². The van der Waals surface area contributed by atoms with Crippen LogP contribution in [-0.2, 0) is 13.2 Å². The van der Waals surface area contributed by atoms with E-state index in [1.165, 1.54) is 29.0 Å². The lowest BCUT2D eigenvalue weighted by Crippen LogP contribution is -2.38. The number of piperidine rings is 1. The molecule has 0 bridgehead atoms. The van der Waals surface area contributed by atoms with E-state index >= 15 is 0 Å². The molecule has 0 spiro atoms. The third-order valence-corrected chi connectivity index (χ3v) is 7.51. The van der Waals surface area contributed by atoms with Gasteiger partial charge in [-0.3, -0.25) is 9.78 Å². The number of amides is 1. The molecule has 34 heavy (non-hydrogen) atoms. The quantitative estimate of drug-likeness (QED) is 0.383. The number of carbonyl (C=O) groups excluding carboxylic acids is 1. The molecule has 0 unspecified atom stereocenters. The number of aliphatic hydroxyl groups is 1. The maximum absolute atomic E-state index is 13.7. The van der Waals surface area contributed by atoms with Gasteiger partial charge < -0.3 is 15.3 Å². The first-order valence-electron chi connectivity index (χ1n) is 11.5. The maximum atomic E-state index is 13.7. The average molecular weight is 476 g/mol. The SMILES string of the molecule is O=C(c1cnc2c(CO)csc2c1NCc1cccc(F)c1)N1CCC(c2ccccc2)CC1. The van der Waals surface area contributed by atoms with Gasteiger partial charge in [-0.25, -0.2) is 4.39 Å². The number of fused-ring (bicyclic) bond motifs is 1. The van der Waals surface area contributed by atoms with Crippen LogP contribution >= 0.6 is 11.3 Å². The van der Waals surface area contributed by atoms with E-state index < -0.39 is 0 Å². The predicted molar refractivity (Wildman–Crippen MR) is 134 cm³/mol. The van der Waals surface area contributed by atoms with Crippen molar-refractivity contribution in [2.45, 2.75) is 31.9 Å². The summed E-state index contributed by atoms with van der Waals surface area (Å²) in [5, 5.41) is 14.9. The zero-order valence-corrected chi connectivity index (χ0v) is 19.5.